The number of morpholine rings is 1. The van der Waals surface area contributed by atoms with E-state index in [1.165, 1.54) is 0 Å². The Bertz CT molecular complexity index is 208. The molecule has 0 aromatic heterocycles. The first-order valence-corrected chi connectivity index (χ1v) is 6.36. The van der Waals surface area contributed by atoms with Crippen molar-refractivity contribution in [2.75, 3.05) is 26.2 Å². The van der Waals surface area contributed by atoms with Crippen molar-refractivity contribution in [3.63, 3.8) is 0 Å². The highest BCUT2D eigenvalue weighted by molar-refractivity contribution is 4.89. The van der Waals surface area contributed by atoms with Gasteiger partial charge in [-0.15, -0.1) is 0 Å². The molecule has 16 heavy (non-hydrogen) atoms. The van der Waals surface area contributed by atoms with Crippen molar-refractivity contribution in [2.24, 2.45) is 0 Å². The number of nitrogens with one attached hydrogen (secondary N) is 1. The van der Waals surface area contributed by atoms with Crippen LogP contribution in [-0.2, 0) is 4.74 Å². The van der Waals surface area contributed by atoms with Gasteiger partial charge in [-0.25, -0.2) is 0 Å². The predicted octanol–water partition coefficient (Wildman–Crippen LogP) is 1.87. The average Bonchev–Trinajstić information content (AvgIpc) is 1.96. The summed E-state index contributed by atoms with van der Waals surface area (Å²) >= 11 is 0. The zero-order chi connectivity index (χ0) is 12.4. The molecule has 1 aliphatic rings. The maximum Gasteiger partial charge on any atom is 0.0760 e. The molecule has 1 fully saturated rings. The van der Waals surface area contributed by atoms with Gasteiger partial charge in [0.25, 0.3) is 0 Å². The Morgan fingerprint density at radius 3 is 2.06 bits per heavy atom. The van der Waals surface area contributed by atoms with Crippen LogP contribution in [0.15, 0.2) is 0 Å². The second kappa shape index (κ2) is 5.03. The number of ether oxygens (including phenoxy) is 1. The van der Waals surface area contributed by atoms with E-state index in [1.807, 2.05) is 0 Å². The van der Waals surface area contributed by atoms with Gasteiger partial charge in [0, 0.05) is 32.2 Å². The molecular weight excluding hydrogens is 200 g/mol. The normalized spacial score (nSPS) is 24.9. The quantitative estimate of drug-likeness (QED) is 0.795. The molecule has 96 valence electrons. The van der Waals surface area contributed by atoms with E-state index in [2.05, 4.69) is 51.8 Å². The second-order valence-corrected chi connectivity index (χ2v) is 6.44. The van der Waals surface area contributed by atoms with Crippen LogP contribution in [-0.4, -0.2) is 48.3 Å². The lowest BCUT2D eigenvalue weighted by Gasteiger charge is -2.47. The molecule has 1 rings (SSSR count). The number of nitrogens with zero attached hydrogens (tertiary/aromatic N) is 1. The largest absolute Gasteiger partial charge is 0.367 e. The van der Waals surface area contributed by atoms with Gasteiger partial charge in [-0.3, -0.25) is 4.90 Å². The zero-order valence-corrected chi connectivity index (χ0v) is 11.8. The van der Waals surface area contributed by atoms with Gasteiger partial charge in [0.05, 0.1) is 11.2 Å². The molecule has 0 atom stereocenters. The second-order valence-electron chi connectivity index (χ2n) is 6.44. The molecule has 1 saturated heterocycles. The summed E-state index contributed by atoms with van der Waals surface area (Å²) in [6.45, 7) is 17.3. The first-order valence-electron chi connectivity index (χ1n) is 6.36. The number of rotatable bonds is 4. The third kappa shape index (κ3) is 4.81. The minimum absolute atomic E-state index is 0.0282. The van der Waals surface area contributed by atoms with Gasteiger partial charge >= 0.3 is 0 Å². The van der Waals surface area contributed by atoms with Gasteiger partial charge in [0.15, 0.2) is 0 Å². The standard InChI is InChI=1S/C13H28N2O/c1-11(2)14-7-8-15-9-12(3,4)16-13(5,6)10-15/h11,14H,7-10H2,1-6H3. The molecule has 0 bridgehead atoms. The molecule has 1 N–H and O–H groups in total. The van der Waals surface area contributed by atoms with E-state index in [1.54, 1.807) is 0 Å². The van der Waals surface area contributed by atoms with Crippen LogP contribution in [0.1, 0.15) is 41.5 Å². The molecular formula is C13H28N2O. The maximum atomic E-state index is 6.06. The summed E-state index contributed by atoms with van der Waals surface area (Å²) < 4.78 is 6.06. The van der Waals surface area contributed by atoms with Crippen molar-refractivity contribution in [3.8, 4) is 0 Å². The van der Waals surface area contributed by atoms with Gasteiger partial charge in [0.1, 0.15) is 0 Å². The summed E-state index contributed by atoms with van der Waals surface area (Å²) in [6.07, 6.45) is 0. The van der Waals surface area contributed by atoms with E-state index in [9.17, 15) is 0 Å². The van der Waals surface area contributed by atoms with Crippen LogP contribution >= 0.6 is 0 Å². The monoisotopic (exact) mass is 228 g/mol. The van der Waals surface area contributed by atoms with Crippen LogP contribution in [0.3, 0.4) is 0 Å². The average molecular weight is 228 g/mol. The van der Waals surface area contributed by atoms with Gasteiger partial charge in [-0.05, 0) is 27.7 Å². The van der Waals surface area contributed by atoms with Crippen molar-refractivity contribution in [2.45, 2.75) is 58.8 Å². The molecule has 0 aliphatic carbocycles. The topological polar surface area (TPSA) is 24.5 Å². The molecule has 3 heteroatoms. The first kappa shape index (κ1) is 13.9. The van der Waals surface area contributed by atoms with Crippen LogP contribution < -0.4 is 5.32 Å². The Labute approximate surface area is 101 Å². The fraction of sp³-hybridized carbons (Fsp3) is 1.00. The summed E-state index contributed by atoms with van der Waals surface area (Å²) in [7, 11) is 0. The highest BCUT2D eigenvalue weighted by Gasteiger charge is 2.37. The molecule has 0 aromatic carbocycles. The van der Waals surface area contributed by atoms with E-state index >= 15 is 0 Å². The van der Waals surface area contributed by atoms with Gasteiger partial charge in [-0.2, -0.15) is 0 Å². The Balaban J connectivity index is 2.42. The van der Waals surface area contributed by atoms with Crippen molar-refractivity contribution in [1.29, 1.82) is 0 Å². The molecule has 0 amide bonds. The summed E-state index contributed by atoms with van der Waals surface area (Å²) in [6, 6.07) is 0.571. The Morgan fingerprint density at radius 2 is 1.62 bits per heavy atom. The van der Waals surface area contributed by atoms with Crippen molar-refractivity contribution in [3.05, 3.63) is 0 Å². The predicted molar refractivity (Wildman–Crippen MR) is 68.8 cm³/mol. The smallest absolute Gasteiger partial charge is 0.0760 e. The summed E-state index contributed by atoms with van der Waals surface area (Å²) in [5, 5.41) is 3.46. The maximum absolute atomic E-state index is 6.06. The SMILES string of the molecule is CC(C)NCCN1CC(C)(C)OC(C)(C)C1. The molecule has 0 saturated carbocycles. The first-order chi connectivity index (χ1) is 7.20. The fourth-order valence-corrected chi connectivity index (χ4v) is 2.61. The van der Waals surface area contributed by atoms with Crippen molar-refractivity contribution >= 4 is 0 Å². The van der Waals surface area contributed by atoms with E-state index in [0.29, 0.717) is 6.04 Å². The Hall–Kier alpha value is -0.120. The van der Waals surface area contributed by atoms with Crippen LogP contribution in [0.5, 0.6) is 0 Å². The third-order valence-electron chi connectivity index (χ3n) is 2.74. The Morgan fingerprint density at radius 1 is 1.12 bits per heavy atom. The van der Waals surface area contributed by atoms with E-state index < -0.39 is 0 Å². The molecule has 3 nitrogen and oxygen atoms in total. The van der Waals surface area contributed by atoms with Gasteiger partial charge in [0.2, 0.25) is 0 Å². The fourth-order valence-electron chi connectivity index (χ4n) is 2.61. The highest BCUT2D eigenvalue weighted by atomic mass is 16.5. The molecule has 0 unspecified atom stereocenters. The number of hydrogen-bond donors (Lipinski definition) is 1. The van der Waals surface area contributed by atoms with E-state index in [-0.39, 0.29) is 11.2 Å². The molecule has 1 heterocycles. The van der Waals surface area contributed by atoms with Crippen LogP contribution in [0.2, 0.25) is 0 Å². The van der Waals surface area contributed by atoms with Crippen molar-refractivity contribution < 1.29 is 4.74 Å². The highest BCUT2D eigenvalue weighted by Crippen LogP contribution is 2.27. The third-order valence-corrected chi connectivity index (χ3v) is 2.74. The lowest BCUT2D eigenvalue weighted by molar-refractivity contribution is -0.180. The van der Waals surface area contributed by atoms with Gasteiger partial charge in [-0.1, -0.05) is 13.8 Å². The van der Waals surface area contributed by atoms with E-state index in [0.717, 1.165) is 26.2 Å². The molecule has 0 aromatic rings. The minimum Gasteiger partial charge on any atom is -0.367 e. The number of hydrogen-bond acceptors (Lipinski definition) is 3. The van der Waals surface area contributed by atoms with Gasteiger partial charge < -0.3 is 10.1 Å². The zero-order valence-electron chi connectivity index (χ0n) is 11.8. The lowest BCUT2D eigenvalue weighted by atomic mass is 9.99. The lowest BCUT2D eigenvalue weighted by Crippen LogP contribution is -2.58. The summed E-state index contributed by atoms with van der Waals surface area (Å²) in [5.41, 5.74) is -0.0564. The van der Waals surface area contributed by atoms with E-state index in [4.69, 9.17) is 4.74 Å². The summed E-state index contributed by atoms with van der Waals surface area (Å²) in [5.74, 6) is 0. The molecule has 0 radical (unpaired) electrons. The van der Waals surface area contributed by atoms with Crippen LogP contribution in [0.25, 0.3) is 0 Å². The molecule has 1 aliphatic heterocycles. The summed E-state index contributed by atoms with van der Waals surface area (Å²) in [4.78, 5) is 2.50. The Kier molecular flexibility index (Phi) is 4.38. The minimum atomic E-state index is -0.0282. The molecule has 0 spiro atoms. The van der Waals surface area contributed by atoms with Crippen LogP contribution in [0, 0.1) is 0 Å². The van der Waals surface area contributed by atoms with Crippen molar-refractivity contribution in [1.82, 2.24) is 10.2 Å². The van der Waals surface area contributed by atoms with Crippen LogP contribution in [0.4, 0.5) is 0 Å².